The number of aromatic nitrogens is 4. The lowest BCUT2D eigenvalue weighted by Crippen LogP contribution is -2.41. The Bertz CT molecular complexity index is 1130. The van der Waals surface area contributed by atoms with Gasteiger partial charge in [-0.15, -0.1) is 16.4 Å². The predicted molar refractivity (Wildman–Crippen MR) is 105 cm³/mol. The molecule has 9 nitrogen and oxygen atoms in total. The fraction of sp³-hybridized carbons (Fsp3) is 0.176. The Labute approximate surface area is 178 Å². The van der Waals surface area contributed by atoms with E-state index in [4.69, 9.17) is 23.2 Å². The number of thiophene rings is 1. The van der Waals surface area contributed by atoms with E-state index < -0.39 is 29.8 Å². The van der Waals surface area contributed by atoms with Crippen LogP contribution in [-0.4, -0.2) is 49.4 Å². The number of halogens is 2. The summed E-state index contributed by atoms with van der Waals surface area (Å²) in [5.41, 5.74) is -0.0331. The largest absolute Gasteiger partial charge is 0.325 e. The maximum Gasteiger partial charge on any atom is 0.325 e. The third-order valence-electron chi connectivity index (χ3n) is 4.57. The van der Waals surface area contributed by atoms with Crippen molar-refractivity contribution >= 4 is 52.3 Å². The molecule has 1 aliphatic rings. The summed E-state index contributed by atoms with van der Waals surface area (Å²) in [5.74, 6) is -1.03. The van der Waals surface area contributed by atoms with Crippen molar-refractivity contribution in [2.75, 3.05) is 6.54 Å². The highest BCUT2D eigenvalue weighted by Crippen LogP contribution is 2.33. The van der Waals surface area contributed by atoms with Gasteiger partial charge in [0.25, 0.3) is 5.91 Å². The molecule has 12 heteroatoms. The first-order chi connectivity index (χ1) is 13.8. The van der Waals surface area contributed by atoms with Gasteiger partial charge in [-0.3, -0.25) is 14.5 Å². The highest BCUT2D eigenvalue weighted by molar-refractivity contribution is 7.20. The number of rotatable bonds is 5. The van der Waals surface area contributed by atoms with Crippen molar-refractivity contribution in [3.05, 3.63) is 56.5 Å². The number of Topliss-reactive ketones (excluding diaryl/α,β-unsaturated/α-hetero) is 1. The average Bonchev–Trinajstić information content (AvgIpc) is 3.39. The summed E-state index contributed by atoms with van der Waals surface area (Å²) in [4.78, 5) is 39.0. The Morgan fingerprint density at radius 2 is 2.07 bits per heavy atom. The van der Waals surface area contributed by atoms with E-state index in [2.05, 4.69) is 20.8 Å². The second kappa shape index (κ2) is 7.21. The number of carbonyl (C=O) groups excluding carboxylic acids is 3. The van der Waals surface area contributed by atoms with Gasteiger partial charge in [-0.25, -0.2) is 9.48 Å². The van der Waals surface area contributed by atoms with Gasteiger partial charge in [-0.2, -0.15) is 0 Å². The van der Waals surface area contributed by atoms with Crippen LogP contribution in [0.2, 0.25) is 8.67 Å². The quantitative estimate of drug-likeness (QED) is 0.472. The summed E-state index contributed by atoms with van der Waals surface area (Å²) in [6.07, 6.45) is 1.41. The lowest BCUT2D eigenvalue weighted by molar-refractivity contribution is -0.130. The van der Waals surface area contributed by atoms with Gasteiger partial charge >= 0.3 is 6.03 Å². The van der Waals surface area contributed by atoms with E-state index in [1.165, 1.54) is 17.1 Å². The van der Waals surface area contributed by atoms with Crippen LogP contribution in [0.3, 0.4) is 0 Å². The molecule has 1 aliphatic heterocycles. The number of hydrogen-bond acceptors (Lipinski definition) is 7. The standard InChI is InChI=1S/C17H12Cl2N6O3S/c1-17(9-3-2-4-10(5-9)25-8-20-22-23-25)15(27)24(16(28)21-17)7-12(26)11-6-13(18)29-14(11)19/h2-6,8H,7H2,1H3,(H,21,28)/t17-/m0/s1. The second-order valence-electron chi connectivity index (χ2n) is 6.41. The summed E-state index contributed by atoms with van der Waals surface area (Å²) in [6, 6.07) is 7.62. The molecule has 2 aromatic heterocycles. The summed E-state index contributed by atoms with van der Waals surface area (Å²) >= 11 is 12.9. The van der Waals surface area contributed by atoms with Crippen molar-refractivity contribution in [1.29, 1.82) is 0 Å². The van der Waals surface area contributed by atoms with E-state index in [1.807, 2.05) is 0 Å². The number of nitrogens with one attached hydrogen (secondary N) is 1. The Hall–Kier alpha value is -2.82. The van der Waals surface area contributed by atoms with Crippen LogP contribution >= 0.6 is 34.5 Å². The average molecular weight is 451 g/mol. The van der Waals surface area contributed by atoms with Gasteiger partial charge < -0.3 is 5.32 Å². The zero-order chi connectivity index (χ0) is 20.8. The maximum absolute atomic E-state index is 13.1. The number of nitrogens with zero attached hydrogens (tertiary/aromatic N) is 5. The molecule has 0 unspecified atom stereocenters. The molecule has 1 N–H and O–H groups in total. The molecule has 1 atom stereocenters. The van der Waals surface area contributed by atoms with Gasteiger partial charge in [-0.05, 0) is 41.1 Å². The normalized spacial score (nSPS) is 18.9. The minimum Gasteiger partial charge on any atom is -0.319 e. The van der Waals surface area contributed by atoms with E-state index in [0.29, 0.717) is 15.6 Å². The minimum atomic E-state index is -1.35. The van der Waals surface area contributed by atoms with Gasteiger partial charge in [0.2, 0.25) is 0 Å². The van der Waals surface area contributed by atoms with E-state index in [9.17, 15) is 14.4 Å². The van der Waals surface area contributed by atoms with Gasteiger partial charge in [0.05, 0.1) is 22.1 Å². The van der Waals surface area contributed by atoms with Crippen LogP contribution in [0.1, 0.15) is 22.8 Å². The summed E-state index contributed by atoms with van der Waals surface area (Å²) in [7, 11) is 0. The highest BCUT2D eigenvalue weighted by Gasteiger charge is 2.49. The third kappa shape index (κ3) is 3.39. The molecule has 0 spiro atoms. The van der Waals surface area contributed by atoms with Crippen molar-refractivity contribution in [3.63, 3.8) is 0 Å². The number of amides is 3. The van der Waals surface area contributed by atoms with E-state index in [0.717, 1.165) is 16.2 Å². The van der Waals surface area contributed by atoms with Gasteiger partial charge in [-0.1, -0.05) is 35.3 Å². The molecule has 0 saturated carbocycles. The summed E-state index contributed by atoms with van der Waals surface area (Å²) in [5, 5.41) is 13.6. The molecule has 3 heterocycles. The third-order valence-corrected chi connectivity index (χ3v) is 6.06. The topological polar surface area (TPSA) is 110 Å². The fourth-order valence-corrected chi connectivity index (χ4v) is 4.53. The number of urea groups is 1. The van der Waals surface area contributed by atoms with E-state index >= 15 is 0 Å². The zero-order valence-electron chi connectivity index (χ0n) is 14.8. The highest BCUT2D eigenvalue weighted by atomic mass is 35.5. The number of ketones is 1. The molecule has 3 aromatic rings. The smallest absolute Gasteiger partial charge is 0.319 e. The first-order valence-electron chi connectivity index (χ1n) is 8.25. The van der Waals surface area contributed by atoms with Crippen LogP contribution in [0, 0.1) is 0 Å². The molecule has 0 aliphatic carbocycles. The second-order valence-corrected chi connectivity index (χ2v) is 8.70. The van der Waals surface area contributed by atoms with Crippen LogP contribution in [0.4, 0.5) is 4.79 Å². The molecule has 1 fully saturated rings. The molecule has 3 amide bonds. The maximum atomic E-state index is 13.1. The van der Waals surface area contributed by atoms with Crippen LogP contribution < -0.4 is 5.32 Å². The zero-order valence-corrected chi connectivity index (χ0v) is 17.1. The molecule has 1 aromatic carbocycles. The van der Waals surface area contributed by atoms with E-state index in [-0.39, 0.29) is 9.90 Å². The molecular weight excluding hydrogens is 439 g/mol. The van der Waals surface area contributed by atoms with Crippen molar-refractivity contribution in [3.8, 4) is 5.69 Å². The number of carbonyl (C=O) groups is 3. The number of tetrazole rings is 1. The number of hydrogen-bond donors (Lipinski definition) is 1. The molecule has 4 rings (SSSR count). The molecular formula is C17H12Cl2N6O3S. The fourth-order valence-electron chi connectivity index (χ4n) is 3.03. The van der Waals surface area contributed by atoms with Gasteiger partial charge in [0.15, 0.2) is 5.78 Å². The molecule has 29 heavy (non-hydrogen) atoms. The Kier molecular flexibility index (Phi) is 4.85. The van der Waals surface area contributed by atoms with Crippen molar-refractivity contribution in [2.45, 2.75) is 12.5 Å². The minimum absolute atomic E-state index is 0.177. The SMILES string of the molecule is C[C@@]1(c2cccc(-n3cnnn3)c2)NC(=O)N(CC(=O)c2cc(Cl)sc2Cl)C1=O. The first-order valence-corrected chi connectivity index (χ1v) is 9.83. The van der Waals surface area contributed by atoms with Crippen molar-refractivity contribution < 1.29 is 14.4 Å². The number of benzene rings is 1. The lowest BCUT2D eigenvalue weighted by Gasteiger charge is -2.22. The van der Waals surface area contributed by atoms with Crippen molar-refractivity contribution in [2.24, 2.45) is 0 Å². The predicted octanol–water partition coefficient (Wildman–Crippen LogP) is 2.68. The van der Waals surface area contributed by atoms with Gasteiger partial charge in [0.1, 0.15) is 16.2 Å². The summed E-state index contributed by atoms with van der Waals surface area (Å²) in [6.45, 7) is 1.13. The first kappa shape index (κ1) is 19.5. The molecule has 148 valence electrons. The van der Waals surface area contributed by atoms with Crippen LogP contribution in [0.5, 0.6) is 0 Å². The Morgan fingerprint density at radius 1 is 1.28 bits per heavy atom. The van der Waals surface area contributed by atoms with Gasteiger partial charge in [0, 0.05) is 0 Å². The molecule has 0 radical (unpaired) electrons. The molecule has 1 saturated heterocycles. The number of imide groups is 1. The van der Waals surface area contributed by atoms with Crippen molar-refractivity contribution in [1.82, 2.24) is 30.4 Å². The van der Waals surface area contributed by atoms with E-state index in [1.54, 1.807) is 31.2 Å². The molecule has 0 bridgehead atoms. The monoisotopic (exact) mass is 450 g/mol. The summed E-state index contributed by atoms with van der Waals surface area (Å²) < 4.78 is 1.99. The van der Waals surface area contributed by atoms with Crippen LogP contribution in [-0.2, 0) is 10.3 Å². The lowest BCUT2D eigenvalue weighted by atomic mass is 9.91. The Balaban J connectivity index is 1.61. The van der Waals surface area contributed by atoms with Crippen LogP contribution in [0.25, 0.3) is 5.69 Å². The Morgan fingerprint density at radius 3 is 2.72 bits per heavy atom. The van der Waals surface area contributed by atoms with Crippen LogP contribution in [0.15, 0.2) is 36.7 Å².